The second kappa shape index (κ2) is 8.28. The van der Waals surface area contributed by atoms with E-state index >= 15 is 0 Å². The summed E-state index contributed by atoms with van der Waals surface area (Å²) in [6, 6.07) is 3.92. The van der Waals surface area contributed by atoms with Crippen LogP contribution < -0.4 is 0 Å². The monoisotopic (exact) mass is 418 g/mol. The lowest BCUT2D eigenvalue weighted by atomic mass is 10.0. The SMILES string of the molecule is CCCc1noc(-c2cn(C3CCN(C(=O)c4cc(F)ccc4Cl)CC3)nn2)n1. The van der Waals surface area contributed by atoms with Gasteiger partial charge in [-0.3, -0.25) is 4.79 Å². The van der Waals surface area contributed by atoms with Crippen molar-refractivity contribution in [2.45, 2.75) is 38.6 Å². The second-order valence-electron chi connectivity index (χ2n) is 7.00. The van der Waals surface area contributed by atoms with Gasteiger partial charge in [-0.25, -0.2) is 9.07 Å². The van der Waals surface area contributed by atoms with Crippen LogP contribution >= 0.6 is 11.6 Å². The van der Waals surface area contributed by atoms with Crippen molar-refractivity contribution in [3.05, 3.63) is 46.6 Å². The summed E-state index contributed by atoms with van der Waals surface area (Å²) >= 11 is 6.06. The van der Waals surface area contributed by atoms with E-state index in [1.54, 1.807) is 15.8 Å². The maximum absolute atomic E-state index is 13.5. The van der Waals surface area contributed by atoms with Gasteiger partial charge in [-0.05, 0) is 37.5 Å². The average Bonchev–Trinajstić information content (AvgIpc) is 3.39. The number of rotatable bonds is 5. The fourth-order valence-electron chi connectivity index (χ4n) is 3.40. The Balaban J connectivity index is 1.40. The van der Waals surface area contributed by atoms with Crippen LogP contribution in [0.15, 0.2) is 28.9 Å². The lowest BCUT2D eigenvalue weighted by molar-refractivity contribution is 0.0689. The zero-order valence-corrected chi connectivity index (χ0v) is 16.6. The van der Waals surface area contributed by atoms with Crippen molar-refractivity contribution >= 4 is 17.5 Å². The largest absolute Gasteiger partial charge is 0.338 e. The molecule has 1 aliphatic rings. The van der Waals surface area contributed by atoms with Crippen LogP contribution in [0.25, 0.3) is 11.6 Å². The third-order valence-corrected chi connectivity index (χ3v) is 5.29. The molecule has 152 valence electrons. The van der Waals surface area contributed by atoms with Gasteiger partial charge in [-0.2, -0.15) is 4.98 Å². The molecule has 2 aromatic heterocycles. The average molecular weight is 419 g/mol. The molecule has 1 aromatic carbocycles. The van der Waals surface area contributed by atoms with Gasteiger partial charge in [0.1, 0.15) is 5.82 Å². The van der Waals surface area contributed by atoms with Crippen LogP contribution in [0.1, 0.15) is 48.4 Å². The first kappa shape index (κ1) is 19.5. The molecule has 0 aliphatic carbocycles. The summed E-state index contributed by atoms with van der Waals surface area (Å²) < 4.78 is 20.5. The van der Waals surface area contributed by atoms with Crippen LogP contribution in [0.5, 0.6) is 0 Å². The highest BCUT2D eigenvalue weighted by Crippen LogP contribution is 2.26. The van der Waals surface area contributed by atoms with Gasteiger partial charge in [0, 0.05) is 19.5 Å². The number of halogens is 2. The predicted molar refractivity (Wildman–Crippen MR) is 103 cm³/mol. The molecule has 1 fully saturated rings. The van der Waals surface area contributed by atoms with E-state index in [9.17, 15) is 9.18 Å². The molecule has 0 saturated carbocycles. The number of hydrogen-bond donors (Lipinski definition) is 0. The van der Waals surface area contributed by atoms with Gasteiger partial charge in [0.15, 0.2) is 11.5 Å². The Morgan fingerprint density at radius 3 is 2.90 bits per heavy atom. The van der Waals surface area contributed by atoms with E-state index in [0.717, 1.165) is 12.8 Å². The fourth-order valence-corrected chi connectivity index (χ4v) is 3.60. The molecule has 3 heterocycles. The van der Waals surface area contributed by atoms with E-state index in [4.69, 9.17) is 16.1 Å². The van der Waals surface area contributed by atoms with Crippen LogP contribution in [0.2, 0.25) is 5.02 Å². The zero-order valence-electron chi connectivity index (χ0n) is 15.9. The number of aromatic nitrogens is 5. The third kappa shape index (κ3) is 4.14. The molecule has 29 heavy (non-hydrogen) atoms. The predicted octanol–water partition coefficient (Wildman–Crippen LogP) is 3.55. The summed E-state index contributed by atoms with van der Waals surface area (Å²) in [4.78, 5) is 18.7. The van der Waals surface area contributed by atoms with Crippen molar-refractivity contribution in [2.24, 2.45) is 0 Å². The van der Waals surface area contributed by atoms with Gasteiger partial charge in [0.05, 0.1) is 22.8 Å². The van der Waals surface area contributed by atoms with E-state index in [2.05, 4.69) is 20.5 Å². The number of aryl methyl sites for hydroxylation is 1. The van der Waals surface area contributed by atoms with E-state index in [0.29, 0.717) is 43.3 Å². The van der Waals surface area contributed by atoms with Gasteiger partial charge in [-0.1, -0.05) is 28.9 Å². The summed E-state index contributed by atoms with van der Waals surface area (Å²) in [5.74, 6) is 0.264. The minimum absolute atomic E-state index is 0.0984. The highest BCUT2D eigenvalue weighted by Gasteiger charge is 2.27. The number of amides is 1. The summed E-state index contributed by atoms with van der Waals surface area (Å²) in [7, 11) is 0. The van der Waals surface area contributed by atoms with E-state index < -0.39 is 5.82 Å². The van der Waals surface area contributed by atoms with Crippen molar-refractivity contribution in [1.29, 1.82) is 0 Å². The lowest BCUT2D eigenvalue weighted by Crippen LogP contribution is -2.39. The summed E-state index contributed by atoms with van der Waals surface area (Å²) in [6.45, 7) is 3.09. The second-order valence-corrected chi connectivity index (χ2v) is 7.40. The molecule has 8 nitrogen and oxygen atoms in total. The minimum atomic E-state index is -0.481. The standard InChI is InChI=1S/C19H20ClFN6O2/c1-2-3-17-22-18(29-24-17)16-11-27(25-23-16)13-6-8-26(9-7-13)19(28)14-10-12(21)4-5-15(14)20/h4-5,10-11,13H,2-3,6-9H2,1H3. The number of carbonyl (C=O) groups excluding carboxylic acids is 1. The molecule has 3 aromatic rings. The quantitative estimate of drug-likeness (QED) is 0.629. The fraction of sp³-hybridized carbons (Fsp3) is 0.421. The van der Waals surface area contributed by atoms with Gasteiger partial charge < -0.3 is 9.42 Å². The first-order chi connectivity index (χ1) is 14.0. The number of piperidine rings is 1. The van der Waals surface area contributed by atoms with Crippen molar-refractivity contribution in [2.75, 3.05) is 13.1 Å². The highest BCUT2D eigenvalue weighted by atomic mass is 35.5. The molecule has 0 atom stereocenters. The molecule has 1 aliphatic heterocycles. The van der Waals surface area contributed by atoms with E-state index in [-0.39, 0.29) is 22.5 Å². The molecule has 4 rings (SSSR count). The summed E-state index contributed by atoms with van der Waals surface area (Å²) in [5, 5.41) is 12.5. The van der Waals surface area contributed by atoms with Gasteiger partial charge >= 0.3 is 0 Å². The smallest absolute Gasteiger partial charge is 0.280 e. The summed E-state index contributed by atoms with van der Waals surface area (Å²) in [5.41, 5.74) is 0.720. The van der Waals surface area contributed by atoms with Gasteiger partial charge in [-0.15, -0.1) is 5.10 Å². The summed E-state index contributed by atoms with van der Waals surface area (Å²) in [6.07, 6.45) is 4.87. The van der Waals surface area contributed by atoms with Crippen LogP contribution in [-0.4, -0.2) is 49.0 Å². The Labute approximate surface area is 171 Å². The Morgan fingerprint density at radius 2 is 2.14 bits per heavy atom. The van der Waals surface area contributed by atoms with Crippen molar-refractivity contribution in [3.63, 3.8) is 0 Å². The molecule has 0 bridgehead atoms. The van der Waals surface area contributed by atoms with Gasteiger partial charge in [0.25, 0.3) is 11.8 Å². The number of benzene rings is 1. The number of hydrogen-bond acceptors (Lipinski definition) is 6. The van der Waals surface area contributed by atoms with Crippen LogP contribution in [0.4, 0.5) is 4.39 Å². The zero-order chi connectivity index (χ0) is 20.4. The maximum Gasteiger partial charge on any atom is 0.280 e. The topological polar surface area (TPSA) is 89.9 Å². The molecule has 0 unspecified atom stereocenters. The first-order valence-electron chi connectivity index (χ1n) is 9.54. The van der Waals surface area contributed by atoms with Crippen LogP contribution in [-0.2, 0) is 6.42 Å². The number of carbonyl (C=O) groups is 1. The van der Waals surface area contributed by atoms with Gasteiger partial charge in [0.2, 0.25) is 0 Å². The van der Waals surface area contributed by atoms with E-state index in [1.165, 1.54) is 18.2 Å². The third-order valence-electron chi connectivity index (χ3n) is 4.96. The molecule has 1 saturated heterocycles. The molecule has 0 N–H and O–H groups in total. The Bertz CT molecular complexity index is 1010. The highest BCUT2D eigenvalue weighted by molar-refractivity contribution is 6.33. The minimum Gasteiger partial charge on any atom is -0.338 e. The molecule has 0 spiro atoms. The normalized spacial score (nSPS) is 15.1. The molecule has 10 heteroatoms. The molecular weight excluding hydrogens is 399 g/mol. The maximum atomic E-state index is 13.5. The first-order valence-corrected chi connectivity index (χ1v) is 9.92. The van der Waals surface area contributed by atoms with Crippen LogP contribution in [0, 0.1) is 5.82 Å². The van der Waals surface area contributed by atoms with Crippen LogP contribution in [0.3, 0.4) is 0 Å². The van der Waals surface area contributed by atoms with Crippen molar-refractivity contribution in [1.82, 2.24) is 30.0 Å². The Kier molecular flexibility index (Phi) is 5.57. The Hall–Kier alpha value is -2.81. The number of nitrogens with zero attached hydrogens (tertiary/aromatic N) is 6. The number of likely N-dealkylation sites (tertiary alicyclic amines) is 1. The molecule has 1 amide bonds. The van der Waals surface area contributed by atoms with Crippen molar-refractivity contribution < 1.29 is 13.7 Å². The Morgan fingerprint density at radius 1 is 1.34 bits per heavy atom. The lowest BCUT2D eigenvalue weighted by Gasteiger charge is -2.32. The van der Waals surface area contributed by atoms with E-state index in [1.807, 2.05) is 6.92 Å². The molecule has 0 radical (unpaired) electrons. The molecular formula is C19H20ClFN6O2. The van der Waals surface area contributed by atoms with Crippen molar-refractivity contribution in [3.8, 4) is 11.6 Å².